The van der Waals surface area contributed by atoms with Gasteiger partial charge in [0.25, 0.3) is 0 Å². The number of aryl methyl sites for hydroxylation is 1. The third-order valence-corrected chi connectivity index (χ3v) is 5.46. The van der Waals surface area contributed by atoms with Crippen LogP contribution < -0.4 is 5.32 Å². The Balaban J connectivity index is 1.86. The molecule has 16 heavy (non-hydrogen) atoms. The molecule has 1 heterocycles. The monoisotopic (exact) mass is 256 g/mol. The zero-order chi connectivity index (χ0) is 11.5. The van der Waals surface area contributed by atoms with E-state index in [1.165, 1.54) is 24.1 Å². The molecule has 0 aromatic carbocycles. The van der Waals surface area contributed by atoms with Crippen LogP contribution in [0.2, 0.25) is 0 Å². The normalized spacial score (nSPS) is 27.2. The van der Waals surface area contributed by atoms with E-state index in [0.29, 0.717) is 12.1 Å². The second kappa shape index (κ2) is 5.52. The van der Waals surface area contributed by atoms with Gasteiger partial charge in [0.05, 0.1) is 5.01 Å². The fourth-order valence-corrected chi connectivity index (χ4v) is 3.91. The molecule has 4 heteroatoms. The number of nitrogens with zero attached hydrogens (tertiary/aromatic N) is 1. The lowest BCUT2D eigenvalue weighted by Crippen LogP contribution is -2.29. The predicted octanol–water partition coefficient (Wildman–Crippen LogP) is 3.39. The van der Waals surface area contributed by atoms with Crippen LogP contribution in [-0.2, 0) is 0 Å². The number of aromatic nitrogens is 1. The molecule has 0 radical (unpaired) electrons. The van der Waals surface area contributed by atoms with Crippen molar-refractivity contribution in [2.24, 2.45) is 0 Å². The quantitative estimate of drug-likeness (QED) is 0.894. The van der Waals surface area contributed by atoms with Crippen molar-refractivity contribution in [2.45, 2.75) is 50.4 Å². The molecule has 90 valence electrons. The first-order valence-corrected chi connectivity index (χ1v) is 8.00. The topological polar surface area (TPSA) is 24.9 Å². The summed E-state index contributed by atoms with van der Waals surface area (Å²) < 4.78 is 0. The Morgan fingerprint density at radius 1 is 1.56 bits per heavy atom. The van der Waals surface area contributed by atoms with Crippen LogP contribution in [0.3, 0.4) is 0 Å². The zero-order valence-electron chi connectivity index (χ0n) is 10.2. The Hall–Kier alpha value is -0.0600. The maximum atomic E-state index is 4.32. The molecule has 2 nitrogen and oxygen atoms in total. The first-order valence-electron chi connectivity index (χ1n) is 5.90. The maximum Gasteiger partial charge on any atom is 0.0897 e. The third kappa shape index (κ3) is 2.99. The first-order chi connectivity index (χ1) is 7.69. The molecular formula is C12H20N2S2. The maximum absolute atomic E-state index is 4.32. The van der Waals surface area contributed by atoms with Crippen molar-refractivity contribution in [2.75, 3.05) is 6.26 Å². The van der Waals surface area contributed by atoms with Crippen LogP contribution in [0.25, 0.3) is 0 Å². The van der Waals surface area contributed by atoms with E-state index in [4.69, 9.17) is 0 Å². The van der Waals surface area contributed by atoms with Gasteiger partial charge in [-0.2, -0.15) is 11.8 Å². The van der Waals surface area contributed by atoms with Gasteiger partial charge in [0.15, 0.2) is 0 Å². The second-order valence-corrected chi connectivity index (χ2v) is 6.94. The van der Waals surface area contributed by atoms with E-state index < -0.39 is 0 Å². The van der Waals surface area contributed by atoms with E-state index in [9.17, 15) is 0 Å². The van der Waals surface area contributed by atoms with Crippen molar-refractivity contribution in [3.63, 3.8) is 0 Å². The third-order valence-electron chi connectivity index (χ3n) is 3.27. The minimum absolute atomic E-state index is 0.455. The number of thioether (sulfide) groups is 1. The molecule has 1 aliphatic carbocycles. The Kier molecular flexibility index (Phi) is 4.27. The van der Waals surface area contributed by atoms with Crippen molar-refractivity contribution in [3.8, 4) is 0 Å². The molecule has 1 aromatic heterocycles. The summed E-state index contributed by atoms with van der Waals surface area (Å²) in [5.41, 5.74) is 0. The Labute approximate surface area is 106 Å². The van der Waals surface area contributed by atoms with Crippen LogP contribution in [0.4, 0.5) is 0 Å². The molecule has 1 fully saturated rings. The minimum atomic E-state index is 0.455. The van der Waals surface area contributed by atoms with Gasteiger partial charge in [-0.3, -0.25) is 0 Å². The molecule has 1 aliphatic rings. The Morgan fingerprint density at radius 3 is 2.94 bits per heavy atom. The molecular weight excluding hydrogens is 236 g/mol. The molecule has 0 aliphatic heterocycles. The molecule has 0 bridgehead atoms. The summed E-state index contributed by atoms with van der Waals surface area (Å²) in [5.74, 6) is 0. The lowest BCUT2D eigenvalue weighted by atomic mass is 10.2. The average Bonchev–Trinajstić information content (AvgIpc) is 2.87. The summed E-state index contributed by atoms with van der Waals surface area (Å²) in [5, 5.41) is 5.76. The highest BCUT2D eigenvalue weighted by Gasteiger charge is 2.25. The highest BCUT2D eigenvalue weighted by molar-refractivity contribution is 7.99. The van der Waals surface area contributed by atoms with E-state index in [1.807, 2.05) is 18.0 Å². The number of hydrogen-bond donors (Lipinski definition) is 1. The van der Waals surface area contributed by atoms with Crippen LogP contribution in [0.5, 0.6) is 0 Å². The summed E-state index contributed by atoms with van der Waals surface area (Å²) in [6.45, 7) is 4.32. The van der Waals surface area contributed by atoms with Crippen LogP contribution in [0, 0.1) is 6.92 Å². The molecule has 3 atom stereocenters. The van der Waals surface area contributed by atoms with Crippen molar-refractivity contribution in [1.82, 2.24) is 10.3 Å². The Bertz CT molecular complexity index is 338. The van der Waals surface area contributed by atoms with E-state index >= 15 is 0 Å². The van der Waals surface area contributed by atoms with Gasteiger partial charge < -0.3 is 5.32 Å². The van der Waals surface area contributed by atoms with Gasteiger partial charge in [-0.1, -0.05) is 0 Å². The number of rotatable bonds is 4. The predicted molar refractivity (Wildman–Crippen MR) is 73.3 cm³/mol. The fraction of sp³-hybridized carbons (Fsp3) is 0.750. The lowest BCUT2D eigenvalue weighted by Gasteiger charge is -2.18. The molecule has 1 saturated carbocycles. The summed E-state index contributed by atoms with van der Waals surface area (Å²) in [7, 11) is 0. The van der Waals surface area contributed by atoms with Crippen LogP contribution >= 0.6 is 23.1 Å². The molecule has 0 saturated heterocycles. The van der Waals surface area contributed by atoms with Gasteiger partial charge in [0, 0.05) is 28.4 Å². The second-order valence-electron chi connectivity index (χ2n) is 4.54. The fourth-order valence-electron chi connectivity index (χ4n) is 2.32. The SMILES string of the molecule is CSC1CCC(NC(C)c2cnc(C)s2)C1. The van der Waals surface area contributed by atoms with Crippen molar-refractivity contribution >= 4 is 23.1 Å². The van der Waals surface area contributed by atoms with Gasteiger partial charge in [0.2, 0.25) is 0 Å². The number of thiazole rings is 1. The van der Waals surface area contributed by atoms with Crippen LogP contribution in [-0.4, -0.2) is 22.5 Å². The highest BCUT2D eigenvalue weighted by Crippen LogP contribution is 2.30. The lowest BCUT2D eigenvalue weighted by molar-refractivity contribution is 0.466. The van der Waals surface area contributed by atoms with Gasteiger partial charge in [-0.05, 0) is 39.4 Å². The van der Waals surface area contributed by atoms with Gasteiger partial charge in [-0.25, -0.2) is 4.98 Å². The smallest absolute Gasteiger partial charge is 0.0897 e. The summed E-state index contributed by atoms with van der Waals surface area (Å²) in [6, 6.07) is 1.16. The molecule has 1 aromatic rings. The summed E-state index contributed by atoms with van der Waals surface area (Å²) in [4.78, 5) is 5.68. The first kappa shape index (κ1) is 12.4. The number of nitrogens with one attached hydrogen (secondary N) is 1. The van der Waals surface area contributed by atoms with Crippen LogP contribution in [0.15, 0.2) is 6.20 Å². The van der Waals surface area contributed by atoms with E-state index in [-0.39, 0.29) is 0 Å². The summed E-state index contributed by atoms with van der Waals surface area (Å²) in [6.07, 6.45) is 8.26. The standard InChI is InChI=1S/C12H20N2S2/c1-8(12-7-13-9(2)16-12)14-10-4-5-11(6-10)15-3/h7-8,10-11,14H,4-6H2,1-3H3. The zero-order valence-corrected chi connectivity index (χ0v) is 11.8. The van der Waals surface area contributed by atoms with E-state index in [2.05, 4.69) is 30.4 Å². The molecule has 1 N–H and O–H groups in total. The van der Waals surface area contributed by atoms with Gasteiger partial charge >= 0.3 is 0 Å². The number of hydrogen-bond acceptors (Lipinski definition) is 4. The highest BCUT2D eigenvalue weighted by atomic mass is 32.2. The van der Waals surface area contributed by atoms with E-state index in [0.717, 1.165) is 10.3 Å². The summed E-state index contributed by atoms with van der Waals surface area (Å²) >= 11 is 3.82. The molecule has 0 amide bonds. The van der Waals surface area contributed by atoms with Gasteiger partial charge in [0.1, 0.15) is 0 Å². The molecule has 0 spiro atoms. The van der Waals surface area contributed by atoms with Crippen LogP contribution in [0.1, 0.15) is 42.1 Å². The molecule has 3 unspecified atom stereocenters. The minimum Gasteiger partial charge on any atom is -0.307 e. The van der Waals surface area contributed by atoms with Crippen molar-refractivity contribution < 1.29 is 0 Å². The Morgan fingerprint density at radius 2 is 2.38 bits per heavy atom. The van der Waals surface area contributed by atoms with Gasteiger partial charge in [-0.15, -0.1) is 11.3 Å². The van der Waals surface area contributed by atoms with Crippen molar-refractivity contribution in [3.05, 3.63) is 16.1 Å². The largest absolute Gasteiger partial charge is 0.307 e. The van der Waals surface area contributed by atoms with Crippen molar-refractivity contribution in [1.29, 1.82) is 0 Å². The molecule has 2 rings (SSSR count). The average molecular weight is 256 g/mol. The van der Waals surface area contributed by atoms with E-state index in [1.54, 1.807) is 11.3 Å².